The minimum absolute atomic E-state index is 0. The minimum atomic E-state index is 0. The Labute approximate surface area is 134 Å². The fourth-order valence-electron chi connectivity index (χ4n) is 0. The first-order valence-corrected chi connectivity index (χ1v) is 1.34. The largest absolute Gasteiger partial charge is 2.00 e. The maximum absolute atomic E-state index is 6.25. The van der Waals surface area contributed by atoms with Crippen LogP contribution in [0.3, 0.4) is 0 Å². The second kappa shape index (κ2) is 1790. The Hall–Kier alpha value is -1.02. The summed E-state index contributed by atoms with van der Waals surface area (Å²) in [5.74, 6) is 0. The van der Waals surface area contributed by atoms with Gasteiger partial charge in [0.1, 0.15) is 0 Å². The smallest absolute Gasteiger partial charge is 0.512 e. The monoisotopic (exact) mass is 290 g/mol. The molecule has 0 bridgehead atoms. The van der Waals surface area contributed by atoms with Gasteiger partial charge in [0.05, 0.1) is 0 Å². The fourth-order valence-corrected chi connectivity index (χ4v) is 0. The van der Waals surface area contributed by atoms with E-state index < -0.39 is 0 Å². The molecule has 0 unspecified atom stereocenters. The van der Waals surface area contributed by atoms with Gasteiger partial charge >= 0.3 is 63.7 Å². The molecule has 0 saturated heterocycles. The van der Waals surface area contributed by atoms with Crippen molar-refractivity contribution in [2.24, 2.45) is 0 Å². The molecule has 0 aromatic carbocycles. The first-order valence-electron chi connectivity index (χ1n) is 1.34. The van der Waals surface area contributed by atoms with E-state index >= 15 is 0 Å². The summed E-state index contributed by atoms with van der Waals surface area (Å²) in [6.45, 7) is 28.5. The quantitative estimate of drug-likeness (QED) is 0.358. The SMILES string of the molecule is [C-]#N.[C-]#N.[C-]#N.[C-]#N.[C-]#N.[C-]#N.[Fe+2].[Mn+2].[Na+]. The Kier molecular flexibility index (Phi) is 11300. The molecule has 0 rings (SSSR count). The fraction of sp³-hybridized carbons (Fsp3) is 0. The van der Waals surface area contributed by atoms with E-state index in [1.807, 2.05) is 0 Å². The van der Waals surface area contributed by atoms with Crippen molar-refractivity contribution in [2.75, 3.05) is 0 Å². The van der Waals surface area contributed by atoms with Gasteiger partial charge in [-0.2, -0.15) is 0 Å². The van der Waals surface area contributed by atoms with Crippen molar-refractivity contribution in [3.05, 3.63) is 39.4 Å². The first-order chi connectivity index (χ1) is 6.00. The normalized spacial score (nSPS) is 0.800. The Balaban J connectivity index is -0.00000000396. The van der Waals surface area contributed by atoms with Gasteiger partial charge in [-0.05, 0) is 0 Å². The summed E-state index contributed by atoms with van der Waals surface area (Å²) in [6.07, 6.45) is 0. The third kappa shape index (κ3) is 1500. The molecule has 0 fully saturated rings. The van der Waals surface area contributed by atoms with Crippen LogP contribution in [0.5, 0.6) is 0 Å². The van der Waals surface area contributed by atoms with Crippen LogP contribution in [0.2, 0.25) is 0 Å². The van der Waals surface area contributed by atoms with E-state index in [4.69, 9.17) is 71.0 Å². The van der Waals surface area contributed by atoms with Crippen LogP contribution in [-0.4, -0.2) is 0 Å². The second-order valence-corrected chi connectivity index (χ2v) is 0. The van der Waals surface area contributed by atoms with Crippen LogP contribution in [0.25, 0.3) is 0 Å². The van der Waals surface area contributed by atoms with E-state index in [0.717, 1.165) is 0 Å². The van der Waals surface area contributed by atoms with Crippen LogP contribution in [0.15, 0.2) is 0 Å². The molecule has 0 N–H and O–H groups in total. The van der Waals surface area contributed by atoms with Gasteiger partial charge in [-0.15, -0.1) is 0 Å². The third-order valence-corrected chi connectivity index (χ3v) is 0. The van der Waals surface area contributed by atoms with Gasteiger partial charge in [-0.1, -0.05) is 0 Å². The summed E-state index contributed by atoms with van der Waals surface area (Å²) in [7, 11) is 0. The summed E-state index contributed by atoms with van der Waals surface area (Å²) < 4.78 is 0. The molecule has 0 aliphatic rings. The van der Waals surface area contributed by atoms with Gasteiger partial charge in [0.2, 0.25) is 0 Å². The zero-order valence-electron chi connectivity index (χ0n) is 7.41. The standard InChI is InChI=1S/6CN.Fe.Mn.Na/c6*1-2;;;/q6*-1;2*+2;+1. The number of hydrogen-bond donors (Lipinski definition) is 0. The summed E-state index contributed by atoms with van der Waals surface area (Å²) in [5, 5.41) is 37.5. The van der Waals surface area contributed by atoms with Gasteiger partial charge in [0.15, 0.2) is 0 Å². The third-order valence-electron chi connectivity index (χ3n) is 0. The van der Waals surface area contributed by atoms with Gasteiger partial charge in [0, 0.05) is 0 Å². The molecule has 0 atom stereocenters. The van der Waals surface area contributed by atoms with Crippen molar-refractivity contribution in [1.82, 2.24) is 0 Å². The Morgan fingerprint density at radius 3 is 0.400 bits per heavy atom. The van der Waals surface area contributed by atoms with E-state index in [1.54, 1.807) is 0 Å². The van der Waals surface area contributed by atoms with Crippen molar-refractivity contribution in [3.8, 4) is 0 Å². The van der Waals surface area contributed by atoms with E-state index in [1.165, 1.54) is 0 Å². The van der Waals surface area contributed by atoms with Crippen LogP contribution >= 0.6 is 0 Å². The molecule has 0 spiro atoms. The molecule has 0 aliphatic carbocycles. The van der Waals surface area contributed by atoms with Crippen molar-refractivity contribution in [2.45, 2.75) is 0 Å². The zero-order chi connectivity index (χ0) is 12.0. The maximum Gasteiger partial charge on any atom is 2.00 e. The molecule has 0 saturated carbocycles. The Morgan fingerprint density at radius 1 is 0.400 bits per heavy atom. The molecular formula is C6FeMnN6Na-. The minimum Gasteiger partial charge on any atom is -0.512 e. The van der Waals surface area contributed by atoms with Gasteiger partial charge in [-0.25, -0.2) is 0 Å². The predicted octanol–water partition coefficient (Wildman–Crippen LogP) is -2.42. The number of hydrogen-bond acceptors (Lipinski definition) is 6. The Bertz CT molecular complexity index is 103. The average Bonchev–Trinajstić information content (AvgIpc) is 2.33. The molecule has 0 amide bonds. The molecule has 6 nitrogen and oxygen atoms in total. The Morgan fingerprint density at radius 2 is 0.400 bits per heavy atom. The summed E-state index contributed by atoms with van der Waals surface area (Å²) in [6, 6.07) is 0. The molecule has 0 aromatic rings. The topological polar surface area (TPSA) is 143 Å². The van der Waals surface area contributed by atoms with E-state index in [2.05, 4.69) is 0 Å². The molecule has 9 heteroatoms. The van der Waals surface area contributed by atoms with Crippen LogP contribution in [0.1, 0.15) is 0 Å². The van der Waals surface area contributed by atoms with Crippen LogP contribution in [0.4, 0.5) is 0 Å². The van der Waals surface area contributed by atoms with E-state index in [-0.39, 0.29) is 63.7 Å². The van der Waals surface area contributed by atoms with E-state index in [9.17, 15) is 0 Å². The van der Waals surface area contributed by atoms with E-state index in [0.29, 0.717) is 0 Å². The zero-order valence-corrected chi connectivity index (χ0v) is 11.7. The molecular weight excluding hydrogens is 290 g/mol. The summed E-state index contributed by atoms with van der Waals surface area (Å²) >= 11 is 0. The van der Waals surface area contributed by atoms with Crippen molar-refractivity contribution in [3.63, 3.8) is 0 Å². The molecule has 0 heterocycles. The van der Waals surface area contributed by atoms with Crippen LogP contribution in [-0.2, 0) is 34.1 Å². The van der Waals surface area contributed by atoms with Crippen LogP contribution < -0.4 is 29.6 Å². The molecule has 0 aliphatic heterocycles. The number of rotatable bonds is 0. The van der Waals surface area contributed by atoms with Crippen molar-refractivity contribution in [1.29, 1.82) is 31.6 Å². The second-order valence-electron chi connectivity index (χ2n) is 0. The molecule has 15 heavy (non-hydrogen) atoms. The molecule has 71 valence electrons. The number of nitrogens with zero attached hydrogens (tertiary/aromatic N) is 6. The maximum atomic E-state index is 6.25. The van der Waals surface area contributed by atoms with Crippen molar-refractivity contribution >= 4 is 0 Å². The van der Waals surface area contributed by atoms with Gasteiger partial charge in [-0.3, -0.25) is 0 Å². The molecule has 0 aromatic heterocycles. The first kappa shape index (κ1) is 95.0. The van der Waals surface area contributed by atoms with Gasteiger partial charge in [0.25, 0.3) is 0 Å². The predicted molar refractivity (Wildman–Crippen MR) is 29.8 cm³/mol. The molecule has 1 radical (unpaired) electrons. The van der Waals surface area contributed by atoms with Crippen LogP contribution in [0, 0.1) is 71.0 Å². The van der Waals surface area contributed by atoms with Crippen molar-refractivity contribution < 1.29 is 63.7 Å². The average molecular weight is 290 g/mol. The van der Waals surface area contributed by atoms with Gasteiger partial charge < -0.3 is 71.0 Å². The summed E-state index contributed by atoms with van der Waals surface area (Å²) in [5.41, 5.74) is 0. The summed E-state index contributed by atoms with van der Waals surface area (Å²) in [4.78, 5) is 0.